The summed E-state index contributed by atoms with van der Waals surface area (Å²) in [6, 6.07) is 0.540. The highest BCUT2D eigenvalue weighted by Crippen LogP contribution is 2.31. The highest BCUT2D eigenvalue weighted by Gasteiger charge is 2.24. The maximum atomic E-state index is 4.45. The Bertz CT molecular complexity index is 382. The fourth-order valence-electron chi connectivity index (χ4n) is 2.33. The van der Waals surface area contributed by atoms with Gasteiger partial charge in [0.1, 0.15) is 0 Å². The van der Waals surface area contributed by atoms with Crippen LogP contribution in [-0.4, -0.2) is 22.9 Å². The molecule has 0 spiro atoms. The third kappa shape index (κ3) is 3.81. The van der Waals surface area contributed by atoms with Crippen molar-refractivity contribution in [3.8, 4) is 0 Å². The van der Waals surface area contributed by atoms with Gasteiger partial charge in [-0.1, -0.05) is 13.8 Å². The minimum Gasteiger partial charge on any atom is -0.317 e. The lowest BCUT2D eigenvalue weighted by Gasteiger charge is -2.28. The van der Waals surface area contributed by atoms with E-state index in [0.717, 1.165) is 23.0 Å². The summed E-state index contributed by atoms with van der Waals surface area (Å²) < 4.78 is 3.15. The van der Waals surface area contributed by atoms with Gasteiger partial charge in [-0.25, -0.2) is 0 Å². The normalized spacial score (nSPS) is 14.1. The number of hydrogen-bond acceptors (Lipinski definition) is 2. The maximum Gasteiger partial charge on any atom is 0.0738 e. The van der Waals surface area contributed by atoms with Gasteiger partial charge in [-0.15, -0.1) is 0 Å². The number of halogens is 1. The fraction of sp³-hybridized carbons (Fsp3) is 0.769. The third-order valence-corrected chi connectivity index (χ3v) is 4.29. The van der Waals surface area contributed by atoms with Crippen molar-refractivity contribution >= 4 is 15.9 Å². The van der Waals surface area contributed by atoms with E-state index in [2.05, 4.69) is 47.1 Å². The molecule has 0 radical (unpaired) electrons. The van der Waals surface area contributed by atoms with Crippen LogP contribution in [0.4, 0.5) is 0 Å². The highest BCUT2D eigenvalue weighted by molar-refractivity contribution is 9.10. The Kier molecular flexibility index (Phi) is 4.78. The van der Waals surface area contributed by atoms with Gasteiger partial charge < -0.3 is 5.32 Å². The Morgan fingerprint density at radius 1 is 1.47 bits per heavy atom. The van der Waals surface area contributed by atoms with Gasteiger partial charge in [0, 0.05) is 13.1 Å². The first-order valence-electron chi connectivity index (χ1n) is 6.12. The minimum atomic E-state index is 0.269. The Morgan fingerprint density at radius 2 is 2.06 bits per heavy atom. The SMILES string of the molecule is CNC(C)CC(C)(C)Cc1c(Br)c(C)nn1C. The van der Waals surface area contributed by atoms with Gasteiger partial charge in [0.2, 0.25) is 0 Å². The van der Waals surface area contributed by atoms with Crippen molar-refractivity contribution in [3.05, 3.63) is 15.9 Å². The second-order valence-corrected chi connectivity index (χ2v) is 6.50. The maximum absolute atomic E-state index is 4.45. The summed E-state index contributed by atoms with van der Waals surface area (Å²) in [5, 5.41) is 7.76. The summed E-state index contributed by atoms with van der Waals surface area (Å²) in [7, 11) is 4.04. The Balaban J connectivity index is 2.82. The molecule has 1 aromatic rings. The molecule has 1 rings (SSSR count). The number of aryl methyl sites for hydroxylation is 2. The van der Waals surface area contributed by atoms with E-state index in [9.17, 15) is 0 Å². The van der Waals surface area contributed by atoms with Crippen molar-refractivity contribution in [2.75, 3.05) is 7.05 Å². The first-order valence-corrected chi connectivity index (χ1v) is 6.91. The Hall–Kier alpha value is -0.350. The molecule has 98 valence electrons. The van der Waals surface area contributed by atoms with E-state index in [0.29, 0.717) is 6.04 Å². The van der Waals surface area contributed by atoms with Gasteiger partial charge >= 0.3 is 0 Å². The van der Waals surface area contributed by atoms with Crippen molar-refractivity contribution < 1.29 is 0 Å². The second kappa shape index (κ2) is 5.53. The first-order chi connectivity index (χ1) is 7.76. The average molecular weight is 302 g/mol. The number of rotatable bonds is 5. The first kappa shape index (κ1) is 14.7. The third-order valence-electron chi connectivity index (χ3n) is 3.26. The lowest BCUT2D eigenvalue weighted by Crippen LogP contribution is -2.30. The van der Waals surface area contributed by atoms with Gasteiger partial charge in [-0.05, 0) is 55.1 Å². The summed E-state index contributed by atoms with van der Waals surface area (Å²) in [6.07, 6.45) is 2.19. The van der Waals surface area contributed by atoms with E-state index in [1.807, 2.05) is 25.7 Å². The van der Waals surface area contributed by atoms with Crippen molar-refractivity contribution in [3.63, 3.8) is 0 Å². The molecule has 0 amide bonds. The molecule has 0 saturated heterocycles. The molecule has 0 fully saturated rings. The molecule has 1 unspecified atom stereocenters. The van der Waals surface area contributed by atoms with Crippen LogP contribution in [0.25, 0.3) is 0 Å². The molecule has 0 aliphatic rings. The number of aromatic nitrogens is 2. The quantitative estimate of drug-likeness (QED) is 0.906. The monoisotopic (exact) mass is 301 g/mol. The van der Waals surface area contributed by atoms with Crippen molar-refractivity contribution in [1.29, 1.82) is 0 Å². The number of nitrogens with one attached hydrogen (secondary N) is 1. The molecule has 0 aromatic carbocycles. The van der Waals surface area contributed by atoms with Crippen LogP contribution in [0.1, 0.15) is 38.6 Å². The van der Waals surface area contributed by atoms with Crippen LogP contribution in [0.5, 0.6) is 0 Å². The van der Waals surface area contributed by atoms with Gasteiger partial charge in [0.25, 0.3) is 0 Å². The van der Waals surface area contributed by atoms with Gasteiger partial charge in [-0.2, -0.15) is 5.10 Å². The van der Waals surface area contributed by atoms with Gasteiger partial charge in [0.05, 0.1) is 15.9 Å². The predicted octanol–water partition coefficient (Wildman–Crippen LogP) is 3.06. The van der Waals surface area contributed by atoms with Crippen molar-refractivity contribution in [2.45, 2.75) is 46.6 Å². The van der Waals surface area contributed by atoms with E-state index in [1.165, 1.54) is 5.69 Å². The molecule has 17 heavy (non-hydrogen) atoms. The van der Waals surface area contributed by atoms with E-state index < -0.39 is 0 Å². The molecule has 1 atom stereocenters. The largest absolute Gasteiger partial charge is 0.317 e. The molecule has 0 aliphatic carbocycles. The predicted molar refractivity (Wildman–Crippen MR) is 76.3 cm³/mol. The van der Waals surface area contributed by atoms with Crippen LogP contribution in [0, 0.1) is 12.3 Å². The van der Waals surface area contributed by atoms with Crippen LogP contribution >= 0.6 is 15.9 Å². The number of nitrogens with zero attached hydrogens (tertiary/aromatic N) is 2. The summed E-state index contributed by atoms with van der Waals surface area (Å²) >= 11 is 3.64. The van der Waals surface area contributed by atoms with Crippen LogP contribution in [0.3, 0.4) is 0 Å². The summed E-state index contributed by atoms with van der Waals surface area (Å²) in [5.41, 5.74) is 2.63. The summed E-state index contributed by atoms with van der Waals surface area (Å²) in [4.78, 5) is 0. The molecule has 0 bridgehead atoms. The lowest BCUT2D eigenvalue weighted by molar-refractivity contribution is 0.287. The standard InChI is InChI=1S/C13H24BrN3/c1-9(15-5)7-13(3,4)8-11-12(14)10(2)16-17(11)6/h9,15H,7-8H2,1-6H3. The lowest BCUT2D eigenvalue weighted by atomic mass is 9.82. The second-order valence-electron chi connectivity index (χ2n) is 5.70. The van der Waals surface area contributed by atoms with Crippen LogP contribution < -0.4 is 5.32 Å². The molecular formula is C13H24BrN3. The Morgan fingerprint density at radius 3 is 2.47 bits per heavy atom. The van der Waals surface area contributed by atoms with Gasteiger partial charge in [0.15, 0.2) is 0 Å². The van der Waals surface area contributed by atoms with E-state index in [-0.39, 0.29) is 5.41 Å². The zero-order chi connectivity index (χ0) is 13.2. The molecule has 0 aliphatic heterocycles. The summed E-state index contributed by atoms with van der Waals surface area (Å²) in [5.74, 6) is 0. The molecule has 1 N–H and O–H groups in total. The topological polar surface area (TPSA) is 29.9 Å². The molecule has 4 heteroatoms. The van der Waals surface area contributed by atoms with Crippen LogP contribution in [-0.2, 0) is 13.5 Å². The van der Waals surface area contributed by atoms with Crippen LogP contribution in [0.15, 0.2) is 4.47 Å². The minimum absolute atomic E-state index is 0.269. The van der Waals surface area contributed by atoms with E-state index in [4.69, 9.17) is 0 Å². The average Bonchev–Trinajstić information content (AvgIpc) is 2.44. The number of hydrogen-bond donors (Lipinski definition) is 1. The summed E-state index contributed by atoms with van der Waals surface area (Å²) in [6.45, 7) is 8.90. The zero-order valence-corrected chi connectivity index (χ0v) is 13.3. The molecular weight excluding hydrogens is 278 g/mol. The van der Waals surface area contributed by atoms with Crippen molar-refractivity contribution in [1.82, 2.24) is 15.1 Å². The zero-order valence-electron chi connectivity index (χ0n) is 11.8. The molecule has 0 saturated carbocycles. The van der Waals surface area contributed by atoms with Crippen LogP contribution in [0.2, 0.25) is 0 Å². The van der Waals surface area contributed by atoms with E-state index >= 15 is 0 Å². The highest BCUT2D eigenvalue weighted by atomic mass is 79.9. The molecule has 1 heterocycles. The van der Waals surface area contributed by atoms with E-state index in [1.54, 1.807) is 0 Å². The fourth-order valence-corrected chi connectivity index (χ4v) is 2.80. The van der Waals surface area contributed by atoms with Gasteiger partial charge in [-0.3, -0.25) is 4.68 Å². The smallest absolute Gasteiger partial charge is 0.0738 e. The molecule has 3 nitrogen and oxygen atoms in total. The van der Waals surface area contributed by atoms with Crippen molar-refractivity contribution in [2.24, 2.45) is 12.5 Å². The molecule has 1 aromatic heterocycles. The Labute approximate surface area is 113 Å².